The van der Waals surface area contributed by atoms with E-state index in [9.17, 15) is 4.79 Å². The van der Waals surface area contributed by atoms with Gasteiger partial charge in [-0.15, -0.1) is 0 Å². The minimum absolute atomic E-state index is 0.166. The van der Waals surface area contributed by atoms with Gasteiger partial charge < -0.3 is 10.6 Å². The molecule has 0 radical (unpaired) electrons. The summed E-state index contributed by atoms with van der Waals surface area (Å²) >= 11 is 0. The number of rotatable bonds is 3. The smallest absolute Gasteiger partial charge is 0.234 e. The Morgan fingerprint density at radius 2 is 2.17 bits per heavy atom. The van der Waals surface area contributed by atoms with Crippen LogP contribution in [0.5, 0.6) is 0 Å². The Hall–Kier alpha value is -1.35. The Kier molecular flexibility index (Phi) is 3.71. The summed E-state index contributed by atoms with van der Waals surface area (Å²) in [4.78, 5) is 14.6. The molecule has 0 spiro atoms. The third kappa shape index (κ3) is 2.15. The molecule has 3 nitrogen and oxygen atoms in total. The van der Waals surface area contributed by atoms with Gasteiger partial charge in [-0.25, -0.2) is 0 Å². The van der Waals surface area contributed by atoms with Crippen LogP contribution in [0.15, 0.2) is 24.3 Å². The highest BCUT2D eigenvalue weighted by atomic mass is 16.2. The molecule has 0 saturated carbocycles. The normalized spacial score (nSPS) is 18.1. The van der Waals surface area contributed by atoms with E-state index < -0.39 is 5.41 Å². The van der Waals surface area contributed by atoms with E-state index in [0.717, 1.165) is 31.5 Å². The van der Waals surface area contributed by atoms with Gasteiger partial charge in [0.1, 0.15) is 0 Å². The number of aryl methyl sites for hydroxylation is 1. The highest BCUT2D eigenvalue weighted by molar-refractivity contribution is 5.98. The summed E-state index contributed by atoms with van der Waals surface area (Å²) in [6.45, 7) is 5.21. The number of nitrogens with two attached hydrogens (primary N) is 1. The lowest BCUT2D eigenvalue weighted by Crippen LogP contribution is -2.48. The van der Waals surface area contributed by atoms with Crippen molar-refractivity contribution in [3.8, 4) is 0 Å². The fourth-order valence-corrected chi connectivity index (χ4v) is 2.45. The van der Waals surface area contributed by atoms with Crippen LogP contribution in [0.1, 0.15) is 32.3 Å². The van der Waals surface area contributed by atoms with Gasteiger partial charge in [-0.05, 0) is 37.8 Å². The van der Waals surface area contributed by atoms with E-state index in [1.807, 2.05) is 36.9 Å². The zero-order valence-electron chi connectivity index (χ0n) is 11.3. The minimum Gasteiger partial charge on any atom is -0.329 e. The number of hydrogen-bond donors (Lipinski definition) is 1. The third-order valence-electron chi connectivity index (χ3n) is 4.10. The van der Waals surface area contributed by atoms with Crippen molar-refractivity contribution in [1.82, 2.24) is 0 Å². The molecule has 0 fully saturated rings. The number of nitrogens with zero attached hydrogens (tertiary/aromatic N) is 1. The van der Waals surface area contributed by atoms with Crippen LogP contribution in [0.3, 0.4) is 0 Å². The van der Waals surface area contributed by atoms with E-state index in [0.29, 0.717) is 6.54 Å². The maximum absolute atomic E-state index is 12.7. The molecule has 1 aliphatic rings. The van der Waals surface area contributed by atoms with Crippen molar-refractivity contribution >= 4 is 11.6 Å². The number of hydrogen-bond acceptors (Lipinski definition) is 2. The average Bonchev–Trinajstić information content (AvgIpc) is 2.45. The summed E-state index contributed by atoms with van der Waals surface area (Å²) in [5, 5.41) is 0. The van der Waals surface area contributed by atoms with Crippen molar-refractivity contribution in [2.45, 2.75) is 33.1 Å². The first-order valence-electron chi connectivity index (χ1n) is 6.72. The maximum Gasteiger partial charge on any atom is 0.234 e. The molecule has 0 aromatic heterocycles. The van der Waals surface area contributed by atoms with Crippen LogP contribution in [0, 0.1) is 5.41 Å². The molecule has 2 rings (SSSR count). The first-order chi connectivity index (χ1) is 8.62. The second-order valence-corrected chi connectivity index (χ2v) is 5.31. The minimum atomic E-state index is -0.440. The molecular formula is C15H22N2O. The van der Waals surface area contributed by atoms with Gasteiger partial charge in [-0.3, -0.25) is 4.79 Å². The number of amides is 1. The molecule has 3 heteroatoms. The van der Waals surface area contributed by atoms with Crippen molar-refractivity contribution in [3.05, 3.63) is 29.8 Å². The van der Waals surface area contributed by atoms with Gasteiger partial charge in [0.05, 0.1) is 5.41 Å². The topological polar surface area (TPSA) is 46.3 Å². The van der Waals surface area contributed by atoms with Crippen LogP contribution in [0.4, 0.5) is 5.69 Å². The summed E-state index contributed by atoms with van der Waals surface area (Å²) in [5.41, 5.74) is 7.70. The van der Waals surface area contributed by atoms with E-state index in [-0.39, 0.29) is 5.91 Å². The predicted octanol–water partition coefficient (Wildman–Crippen LogP) is 2.34. The van der Waals surface area contributed by atoms with Crippen LogP contribution in [0.2, 0.25) is 0 Å². The molecule has 1 unspecified atom stereocenters. The molecule has 1 aliphatic heterocycles. The van der Waals surface area contributed by atoms with Gasteiger partial charge >= 0.3 is 0 Å². The lowest BCUT2D eigenvalue weighted by atomic mass is 9.85. The first-order valence-corrected chi connectivity index (χ1v) is 6.72. The zero-order chi connectivity index (χ0) is 13.2. The van der Waals surface area contributed by atoms with Gasteiger partial charge in [0, 0.05) is 18.8 Å². The standard InChI is InChI=1S/C15H22N2O/c1-3-15(2,11-16)14(18)17-10-6-8-12-7-4-5-9-13(12)17/h4-5,7,9H,3,6,8,10-11,16H2,1-2H3. The number of fused-ring (bicyclic) bond motifs is 1. The molecule has 1 amide bonds. The Balaban J connectivity index is 2.33. The monoisotopic (exact) mass is 246 g/mol. The molecule has 1 aromatic rings. The Labute approximate surface area is 109 Å². The second-order valence-electron chi connectivity index (χ2n) is 5.31. The van der Waals surface area contributed by atoms with Crippen molar-refractivity contribution in [1.29, 1.82) is 0 Å². The number of carbonyl (C=O) groups excluding carboxylic acids is 1. The highest BCUT2D eigenvalue weighted by Gasteiger charge is 2.35. The SMILES string of the molecule is CCC(C)(CN)C(=O)N1CCCc2ccccc21. The van der Waals surface area contributed by atoms with Crippen LogP contribution in [0.25, 0.3) is 0 Å². The van der Waals surface area contributed by atoms with Crippen molar-refractivity contribution in [2.24, 2.45) is 11.1 Å². The number of anilines is 1. The Bertz CT molecular complexity index is 438. The number of benzene rings is 1. The van der Waals surface area contributed by atoms with E-state index in [4.69, 9.17) is 5.73 Å². The first kappa shape index (κ1) is 13.1. The lowest BCUT2D eigenvalue weighted by Gasteiger charge is -2.36. The van der Waals surface area contributed by atoms with Crippen molar-refractivity contribution < 1.29 is 4.79 Å². The molecule has 0 aliphatic carbocycles. The molecule has 1 aromatic carbocycles. The summed E-state index contributed by atoms with van der Waals surface area (Å²) < 4.78 is 0. The largest absolute Gasteiger partial charge is 0.329 e. The number of para-hydroxylation sites is 1. The molecular weight excluding hydrogens is 224 g/mol. The van der Waals surface area contributed by atoms with E-state index in [2.05, 4.69) is 6.07 Å². The molecule has 0 bridgehead atoms. The van der Waals surface area contributed by atoms with Gasteiger partial charge in [-0.2, -0.15) is 0 Å². The fourth-order valence-electron chi connectivity index (χ4n) is 2.45. The van der Waals surface area contributed by atoms with Gasteiger partial charge in [0.15, 0.2) is 0 Å². The van der Waals surface area contributed by atoms with E-state index >= 15 is 0 Å². The van der Waals surface area contributed by atoms with Crippen LogP contribution < -0.4 is 10.6 Å². The molecule has 18 heavy (non-hydrogen) atoms. The van der Waals surface area contributed by atoms with Gasteiger partial charge in [0.2, 0.25) is 5.91 Å². The van der Waals surface area contributed by atoms with Gasteiger partial charge in [-0.1, -0.05) is 25.1 Å². The molecule has 98 valence electrons. The van der Waals surface area contributed by atoms with E-state index in [1.54, 1.807) is 0 Å². The second kappa shape index (κ2) is 5.11. The van der Waals surface area contributed by atoms with Gasteiger partial charge in [0.25, 0.3) is 0 Å². The van der Waals surface area contributed by atoms with Crippen LogP contribution >= 0.6 is 0 Å². The van der Waals surface area contributed by atoms with Crippen LogP contribution in [-0.2, 0) is 11.2 Å². The molecule has 1 heterocycles. The van der Waals surface area contributed by atoms with Crippen molar-refractivity contribution in [3.63, 3.8) is 0 Å². The fraction of sp³-hybridized carbons (Fsp3) is 0.533. The lowest BCUT2D eigenvalue weighted by molar-refractivity contribution is -0.127. The Morgan fingerprint density at radius 3 is 2.83 bits per heavy atom. The predicted molar refractivity (Wildman–Crippen MR) is 74.6 cm³/mol. The van der Waals surface area contributed by atoms with Crippen molar-refractivity contribution in [2.75, 3.05) is 18.0 Å². The number of carbonyl (C=O) groups is 1. The summed E-state index contributed by atoms with van der Waals surface area (Å²) in [5.74, 6) is 0.166. The zero-order valence-corrected chi connectivity index (χ0v) is 11.3. The molecule has 2 N–H and O–H groups in total. The average molecular weight is 246 g/mol. The quantitative estimate of drug-likeness (QED) is 0.889. The molecule has 1 atom stereocenters. The Morgan fingerprint density at radius 1 is 1.44 bits per heavy atom. The maximum atomic E-state index is 12.7. The van der Waals surface area contributed by atoms with Crippen LogP contribution in [-0.4, -0.2) is 19.0 Å². The summed E-state index contributed by atoms with van der Waals surface area (Å²) in [6.07, 6.45) is 2.87. The van der Waals surface area contributed by atoms with E-state index in [1.165, 1.54) is 5.56 Å². The summed E-state index contributed by atoms with van der Waals surface area (Å²) in [7, 11) is 0. The third-order valence-corrected chi connectivity index (χ3v) is 4.10. The summed E-state index contributed by atoms with van der Waals surface area (Å²) in [6, 6.07) is 8.18. The highest BCUT2D eigenvalue weighted by Crippen LogP contribution is 2.32. The molecule has 0 saturated heterocycles.